The van der Waals surface area contributed by atoms with Gasteiger partial charge in [0, 0.05) is 30.4 Å². The minimum Gasteiger partial charge on any atom is -0.361 e. The largest absolute Gasteiger partial charge is 0.361 e. The third-order valence-corrected chi connectivity index (χ3v) is 3.46. The van der Waals surface area contributed by atoms with Crippen LogP contribution in [0.5, 0.6) is 0 Å². The first-order valence-electron chi connectivity index (χ1n) is 6.84. The highest BCUT2D eigenvalue weighted by Gasteiger charge is 2.27. The predicted molar refractivity (Wildman–Crippen MR) is 72.6 cm³/mol. The van der Waals surface area contributed by atoms with Crippen LogP contribution in [-0.4, -0.2) is 25.7 Å². The van der Waals surface area contributed by atoms with E-state index < -0.39 is 0 Å². The van der Waals surface area contributed by atoms with E-state index in [1.54, 1.807) is 29.0 Å². The van der Waals surface area contributed by atoms with Gasteiger partial charge in [0.05, 0.1) is 6.54 Å². The van der Waals surface area contributed by atoms with E-state index in [1.165, 1.54) is 0 Å². The zero-order chi connectivity index (χ0) is 14.2. The Morgan fingerprint density at radius 2 is 2.33 bits per heavy atom. The van der Waals surface area contributed by atoms with Crippen LogP contribution in [0.1, 0.15) is 40.7 Å². The van der Waals surface area contributed by atoms with Crippen LogP contribution in [0.4, 0.5) is 0 Å². The van der Waals surface area contributed by atoms with Crippen LogP contribution in [-0.2, 0) is 6.54 Å². The van der Waals surface area contributed by atoms with Gasteiger partial charge in [-0.15, -0.1) is 0 Å². The van der Waals surface area contributed by atoms with Gasteiger partial charge in [0.25, 0.3) is 5.91 Å². The maximum Gasteiger partial charge on any atom is 0.272 e. The average molecular weight is 283 g/mol. The molecule has 3 heterocycles. The molecule has 0 unspecified atom stereocenters. The number of nitrogens with one attached hydrogen (secondary N) is 1. The molecule has 1 saturated carbocycles. The lowest BCUT2D eigenvalue weighted by Gasteiger charge is -1.98. The summed E-state index contributed by atoms with van der Waals surface area (Å²) < 4.78 is 6.81. The first kappa shape index (κ1) is 12.1. The van der Waals surface area contributed by atoms with Crippen LogP contribution >= 0.6 is 0 Å². The van der Waals surface area contributed by atoms with E-state index in [-0.39, 0.29) is 5.91 Å². The molecule has 1 amide bonds. The number of hydrogen-bond acceptors (Lipinski definition) is 5. The van der Waals surface area contributed by atoms with E-state index in [0.717, 1.165) is 24.3 Å². The second kappa shape index (κ2) is 4.69. The molecule has 106 valence electrons. The molecule has 7 heteroatoms. The van der Waals surface area contributed by atoms with Crippen molar-refractivity contribution in [3.8, 4) is 0 Å². The molecule has 1 aliphatic rings. The van der Waals surface area contributed by atoms with Crippen molar-refractivity contribution in [2.75, 3.05) is 0 Å². The number of nitrogens with zero attached hydrogens (tertiary/aromatic N) is 4. The monoisotopic (exact) mass is 283 g/mol. The highest BCUT2D eigenvalue weighted by atomic mass is 16.5. The van der Waals surface area contributed by atoms with Gasteiger partial charge >= 0.3 is 0 Å². The molecule has 3 aromatic heterocycles. The van der Waals surface area contributed by atoms with Gasteiger partial charge in [-0.25, -0.2) is 9.50 Å². The molecule has 0 saturated heterocycles. The fourth-order valence-electron chi connectivity index (χ4n) is 2.17. The Bertz CT molecular complexity index is 769. The maximum absolute atomic E-state index is 12.1. The summed E-state index contributed by atoms with van der Waals surface area (Å²) in [6.45, 7) is 0.330. The molecule has 3 aromatic rings. The SMILES string of the molecule is O=C(NCc1cc(C2CC2)on1)c1cc2ncccn2n1. The lowest BCUT2D eigenvalue weighted by Crippen LogP contribution is -2.23. The van der Waals surface area contributed by atoms with Gasteiger partial charge in [-0.05, 0) is 18.9 Å². The number of rotatable bonds is 4. The molecule has 0 spiro atoms. The van der Waals surface area contributed by atoms with Crippen LogP contribution in [0.3, 0.4) is 0 Å². The molecule has 1 fully saturated rings. The fraction of sp³-hybridized carbons (Fsp3) is 0.286. The van der Waals surface area contributed by atoms with Gasteiger partial charge in [-0.3, -0.25) is 4.79 Å². The fourth-order valence-corrected chi connectivity index (χ4v) is 2.17. The maximum atomic E-state index is 12.1. The van der Waals surface area contributed by atoms with E-state index in [4.69, 9.17) is 4.52 Å². The molecule has 0 aliphatic heterocycles. The van der Waals surface area contributed by atoms with Gasteiger partial charge in [-0.2, -0.15) is 5.10 Å². The van der Waals surface area contributed by atoms with Crippen LogP contribution in [0, 0.1) is 0 Å². The summed E-state index contributed by atoms with van der Waals surface area (Å²) in [6, 6.07) is 5.31. The number of carbonyl (C=O) groups excluding carboxylic acids is 1. The summed E-state index contributed by atoms with van der Waals surface area (Å²) in [4.78, 5) is 16.2. The van der Waals surface area contributed by atoms with Crippen molar-refractivity contribution in [2.45, 2.75) is 25.3 Å². The second-order valence-electron chi connectivity index (χ2n) is 5.13. The molecule has 0 aromatic carbocycles. The van der Waals surface area contributed by atoms with Crippen molar-refractivity contribution >= 4 is 11.6 Å². The van der Waals surface area contributed by atoms with Crippen molar-refractivity contribution in [1.82, 2.24) is 25.1 Å². The summed E-state index contributed by atoms with van der Waals surface area (Å²) in [7, 11) is 0. The number of fused-ring (bicyclic) bond motifs is 1. The summed E-state index contributed by atoms with van der Waals surface area (Å²) in [5.41, 5.74) is 1.70. The Morgan fingerprint density at radius 1 is 1.43 bits per heavy atom. The first-order valence-corrected chi connectivity index (χ1v) is 6.84. The standard InChI is InChI=1S/C14H13N5O2/c20-14(11-7-13-15-4-1-5-19(13)17-11)16-8-10-6-12(21-18-10)9-2-3-9/h1,4-7,9H,2-3,8H2,(H,16,20). The smallest absolute Gasteiger partial charge is 0.272 e. The average Bonchev–Trinajstić information content (AvgIpc) is 3.09. The van der Waals surface area contributed by atoms with E-state index in [2.05, 4.69) is 20.6 Å². The Balaban J connectivity index is 1.44. The van der Waals surface area contributed by atoms with Gasteiger partial charge in [0.1, 0.15) is 11.5 Å². The van der Waals surface area contributed by atoms with E-state index >= 15 is 0 Å². The Labute approximate surface area is 120 Å². The second-order valence-corrected chi connectivity index (χ2v) is 5.13. The summed E-state index contributed by atoms with van der Waals surface area (Å²) in [6.07, 6.45) is 5.73. The van der Waals surface area contributed by atoms with E-state index in [9.17, 15) is 4.79 Å². The number of hydrogen-bond donors (Lipinski definition) is 1. The molecule has 4 rings (SSSR count). The molecular weight excluding hydrogens is 270 g/mol. The zero-order valence-electron chi connectivity index (χ0n) is 11.2. The molecular formula is C14H13N5O2. The predicted octanol–water partition coefficient (Wildman–Crippen LogP) is 1.52. The van der Waals surface area contributed by atoms with Crippen molar-refractivity contribution in [1.29, 1.82) is 0 Å². The van der Waals surface area contributed by atoms with Crippen molar-refractivity contribution in [3.63, 3.8) is 0 Å². The number of amides is 1. The molecule has 21 heavy (non-hydrogen) atoms. The third kappa shape index (κ3) is 2.37. The number of carbonyl (C=O) groups is 1. The lowest BCUT2D eigenvalue weighted by atomic mass is 10.3. The lowest BCUT2D eigenvalue weighted by molar-refractivity contribution is 0.0944. The van der Waals surface area contributed by atoms with Gasteiger partial charge in [0.15, 0.2) is 11.3 Å². The van der Waals surface area contributed by atoms with Gasteiger partial charge in [0.2, 0.25) is 0 Å². The van der Waals surface area contributed by atoms with Crippen LogP contribution < -0.4 is 5.32 Å². The topological polar surface area (TPSA) is 85.3 Å². The third-order valence-electron chi connectivity index (χ3n) is 3.46. The van der Waals surface area contributed by atoms with Crippen molar-refractivity contribution < 1.29 is 9.32 Å². The number of aromatic nitrogens is 4. The van der Waals surface area contributed by atoms with Gasteiger partial charge in [-0.1, -0.05) is 5.16 Å². The van der Waals surface area contributed by atoms with Crippen molar-refractivity contribution in [3.05, 3.63) is 47.7 Å². The Morgan fingerprint density at radius 3 is 3.14 bits per heavy atom. The first-order chi connectivity index (χ1) is 10.3. The van der Waals surface area contributed by atoms with Crippen LogP contribution in [0.25, 0.3) is 5.65 Å². The van der Waals surface area contributed by atoms with Gasteiger partial charge < -0.3 is 9.84 Å². The minimum absolute atomic E-state index is 0.253. The molecule has 1 N–H and O–H groups in total. The van der Waals surface area contributed by atoms with E-state index in [0.29, 0.717) is 23.8 Å². The van der Waals surface area contributed by atoms with E-state index in [1.807, 2.05) is 6.07 Å². The molecule has 0 atom stereocenters. The summed E-state index contributed by atoms with van der Waals surface area (Å²) in [5.74, 6) is 1.18. The molecule has 7 nitrogen and oxygen atoms in total. The summed E-state index contributed by atoms with van der Waals surface area (Å²) in [5, 5.41) is 10.9. The Hall–Kier alpha value is -2.70. The molecule has 0 radical (unpaired) electrons. The quantitative estimate of drug-likeness (QED) is 0.784. The Kier molecular flexibility index (Phi) is 2.70. The highest BCUT2D eigenvalue weighted by molar-refractivity contribution is 5.93. The molecule has 1 aliphatic carbocycles. The molecule has 0 bridgehead atoms. The summed E-state index contributed by atoms with van der Waals surface area (Å²) >= 11 is 0. The highest BCUT2D eigenvalue weighted by Crippen LogP contribution is 2.40. The zero-order valence-corrected chi connectivity index (χ0v) is 11.2. The minimum atomic E-state index is -0.253. The van der Waals surface area contributed by atoms with Crippen molar-refractivity contribution in [2.24, 2.45) is 0 Å². The van der Waals surface area contributed by atoms with Crippen LogP contribution in [0.15, 0.2) is 35.1 Å². The van der Waals surface area contributed by atoms with Crippen LogP contribution in [0.2, 0.25) is 0 Å². The normalized spacial score (nSPS) is 14.5.